The van der Waals surface area contributed by atoms with E-state index in [-0.39, 0.29) is 12.1 Å². The van der Waals surface area contributed by atoms with Crippen molar-refractivity contribution in [2.24, 2.45) is 5.92 Å². The van der Waals surface area contributed by atoms with Crippen LogP contribution in [0.5, 0.6) is 0 Å². The molecule has 2 nitrogen and oxygen atoms in total. The van der Waals surface area contributed by atoms with Crippen molar-refractivity contribution in [3.63, 3.8) is 0 Å². The Kier molecular flexibility index (Phi) is 6.21. The van der Waals surface area contributed by atoms with Crippen LogP contribution in [0, 0.1) is 5.92 Å². The first-order valence-corrected chi connectivity index (χ1v) is 8.92. The minimum absolute atomic E-state index is 0.0953. The molecule has 1 aromatic carbocycles. The van der Waals surface area contributed by atoms with Crippen molar-refractivity contribution in [2.45, 2.75) is 37.5 Å². The van der Waals surface area contributed by atoms with Gasteiger partial charge in [0.2, 0.25) is 0 Å². The quantitative estimate of drug-likeness (QED) is 0.729. The second-order valence-electron chi connectivity index (χ2n) is 5.60. The molecule has 112 valence electrons. The Balaban J connectivity index is 1.90. The van der Waals surface area contributed by atoms with E-state index in [1.54, 1.807) is 0 Å². The summed E-state index contributed by atoms with van der Waals surface area (Å²) in [5, 5.41) is 14.3. The average Bonchev–Trinajstić information content (AvgIpc) is 3.30. The molecule has 20 heavy (non-hydrogen) atoms. The van der Waals surface area contributed by atoms with Gasteiger partial charge < -0.3 is 10.4 Å². The Morgan fingerprint density at radius 3 is 2.75 bits per heavy atom. The van der Waals surface area contributed by atoms with Gasteiger partial charge in [0, 0.05) is 16.5 Å². The molecule has 1 unspecified atom stereocenters. The van der Waals surface area contributed by atoms with E-state index in [2.05, 4.69) is 18.3 Å². The van der Waals surface area contributed by atoms with Crippen LogP contribution < -0.4 is 5.32 Å². The molecule has 1 aliphatic rings. The SMILES string of the molecule is CCCNC(CO)(CSCc1ccccc1Cl)C1CC1. The van der Waals surface area contributed by atoms with E-state index in [0.29, 0.717) is 5.92 Å². The molecule has 0 bridgehead atoms. The second kappa shape index (κ2) is 7.69. The molecule has 0 spiro atoms. The molecule has 2 N–H and O–H groups in total. The minimum Gasteiger partial charge on any atom is -0.394 e. The Morgan fingerprint density at radius 1 is 1.40 bits per heavy atom. The van der Waals surface area contributed by atoms with Gasteiger partial charge in [0.15, 0.2) is 0 Å². The fourth-order valence-corrected chi connectivity index (χ4v) is 4.16. The van der Waals surface area contributed by atoms with Gasteiger partial charge in [-0.15, -0.1) is 0 Å². The number of rotatable bonds is 9. The van der Waals surface area contributed by atoms with Gasteiger partial charge in [-0.2, -0.15) is 11.8 Å². The maximum absolute atomic E-state index is 9.86. The molecular formula is C16H24ClNOS. The summed E-state index contributed by atoms with van der Waals surface area (Å²) >= 11 is 8.05. The minimum atomic E-state index is -0.0953. The monoisotopic (exact) mass is 313 g/mol. The number of hydrogen-bond donors (Lipinski definition) is 2. The molecule has 0 aliphatic heterocycles. The van der Waals surface area contributed by atoms with Crippen molar-refractivity contribution in [3.05, 3.63) is 34.9 Å². The first-order valence-electron chi connectivity index (χ1n) is 7.39. The lowest BCUT2D eigenvalue weighted by molar-refractivity contribution is 0.159. The van der Waals surface area contributed by atoms with E-state index in [1.807, 2.05) is 30.0 Å². The summed E-state index contributed by atoms with van der Waals surface area (Å²) < 4.78 is 0. The third kappa shape index (κ3) is 4.14. The van der Waals surface area contributed by atoms with Crippen molar-refractivity contribution in [3.8, 4) is 0 Å². The molecular weight excluding hydrogens is 290 g/mol. The Labute approximate surface area is 131 Å². The fourth-order valence-electron chi connectivity index (χ4n) is 2.51. The summed E-state index contributed by atoms with van der Waals surface area (Å²) in [5.41, 5.74) is 1.08. The first-order chi connectivity index (χ1) is 9.72. The van der Waals surface area contributed by atoms with Crippen molar-refractivity contribution in [1.82, 2.24) is 5.32 Å². The topological polar surface area (TPSA) is 32.3 Å². The van der Waals surface area contributed by atoms with Crippen molar-refractivity contribution in [2.75, 3.05) is 18.9 Å². The maximum atomic E-state index is 9.86. The molecule has 1 saturated carbocycles. The summed E-state index contributed by atoms with van der Waals surface area (Å²) in [6.07, 6.45) is 3.58. The third-order valence-corrected chi connectivity index (χ3v) is 5.55. The van der Waals surface area contributed by atoms with Gasteiger partial charge in [0.05, 0.1) is 12.1 Å². The molecule has 1 aliphatic carbocycles. The zero-order valence-corrected chi connectivity index (χ0v) is 13.6. The summed E-state index contributed by atoms with van der Waals surface area (Å²) in [6, 6.07) is 8.00. The van der Waals surface area contributed by atoms with E-state index < -0.39 is 0 Å². The lowest BCUT2D eigenvalue weighted by Gasteiger charge is -2.33. The summed E-state index contributed by atoms with van der Waals surface area (Å²) in [4.78, 5) is 0. The first kappa shape index (κ1) is 16.2. The number of aliphatic hydroxyl groups is 1. The lowest BCUT2D eigenvalue weighted by atomic mass is 9.96. The number of halogens is 1. The molecule has 0 radical (unpaired) electrons. The highest BCUT2D eigenvalue weighted by atomic mass is 35.5. The average molecular weight is 314 g/mol. The van der Waals surface area contributed by atoms with E-state index >= 15 is 0 Å². The molecule has 1 atom stereocenters. The maximum Gasteiger partial charge on any atom is 0.0624 e. The molecule has 1 aromatic rings. The van der Waals surface area contributed by atoms with Crippen LogP contribution in [0.4, 0.5) is 0 Å². The Morgan fingerprint density at radius 2 is 2.15 bits per heavy atom. The van der Waals surface area contributed by atoms with Gasteiger partial charge in [-0.1, -0.05) is 36.7 Å². The van der Waals surface area contributed by atoms with Gasteiger partial charge in [0.25, 0.3) is 0 Å². The van der Waals surface area contributed by atoms with E-state index in [4.69, 9.17) is 11.6 Å². The third-order valence-electron chi connectivity index (χ3n) is 3.94. The molecule has 0 heterocycles. The molecule has 0 amide bonds. The highest BCUT2D eigenvalue weighted by Gasteiger charge is 2.44. The normalized spacial score (nSPS) is 17.9. The Hall–Kier alpha value is -0.220. The number of thioether (sulfide) groups is 1. The van der Waals surface area contributed by atoms with Crippen LogP contribution in [0.2, 0.25) is 5.02 Å². The van der Waals surface area contributed by atoms with Gasteiger partial charge in [0.1, 0.15) is 0 Å². The number of aliphatic hydroxyl groups excluding tert-OH is 1. The number of hydrogen-bond acceptors (Lipinski definition) is 3. The highest BCUT2D eigenvalue weighted by Crippen LogP contribution is 2.41. The standard InChI is InChI=1S/C16H24ClNOS/c1-2-9-18-16(11-19,14-7-8-14)12-20-10-13-5-3-4-6-15(13)17/h3-6,14,18-19H,2,7-12H2,1H3. The summed E-state index contributed by atoms with van der Waals surface area (Å²) in [6.45, 7) is 3.37. The van der Waals surface area contributed by atoms with Crippen LogP contribution in [0.3, 0.4) is 0 Å². The van der Waals surface area contributed by atoms with E-state index in [0.717, 1.165) is 29.5 Å². The van der Waals surface area contributed by atoms with Crippen molar-refractivity contribution >= 4 is 23.4 Å². The molecule has 2 rings (SSSR count). The largest absolute Gasteiger partial charge is 0.394 e. The van der Waals surface area contributed by atoms with Crippen molar-refractivity contribution < 1.29 is 5.11 Å². The van der Waals surface area contributed by atoms with Gasteiger partial charge in [-0.05, 0) is 43.4 Å². The van der Waals surface area contributed by atoms with Crippen LogP contribution >= 0.6 is 23.4 Å². The molecule has 4 heteroatoms. The van der Waals surface area contributed by atoms with E-state index in [1.165, 1.54) is 18.4 Å². The van der Waals surface area contributed by atoms with Crippen LogP contribution in [-0.4, -0.2) is 29.5 Å². The zero-order chi connectivity index (χ0) is 14.4. The summed E-state index contributed by atoms with van der Waals surface area (Å²) in [5.74, 6) is 2.49. The van der Waals surface area contributed by atoms with Crippen LogP contribution in [0.1, 0.15) is 31.7 Å². The predicted molar refractivity (Wildman–Crippen MR) is 88.4 cm³/mol. The van der Waals surface area contributed by atoms with Crippen LogP contribution in [0.25, 0.3) is 0 Å². The van der Waals surface area contributed by atoms with Crippen LogP contribution in [0.15, 0.2) is 24.3 Å². The number of benzene rings is 1. The van der Waals surface area contributed by atoms with Gasteiger partial charge in [-0.25, -0.2) is 0 Å². The van der Waals surface area contributed by atoms with Crippen molar-refractivity contribution in [1.29, 1.82) is 0 Å². The lowest BCUT2D eigenvalue weighted by Crippen LogP contribution is -2.53. The molecule has 0 saturated heterocycles. The molecule has 1 fully saturated rings. The predicted octanol–water partition coefficient (Wildman–Crippen LogP) is 3.71. The smallest absolute Gasteiger partial charge is 0.0624 e. The zero-order valence-electron chi connectivity index (χ0n) is 12.1. The fraction of sp³-hybridized carbons (Fsp3) is 0.625. The number of nitrogens with one attached hydrogen (secondary N) is 1. The second-order valence-corrected chi connectivity index (χ2v) is 6.99. The summed E-state index contributed by atoms with van der Waals surface area (Å²) in [7, 11) is 0. The van der Waals surface area contributed by atoms with E-state index in [9.17, 15) is 5.11 Å². The molecule has 0 aromatic heterocycles. The van der Waals surface area contributed by atoms with Gasteiger partial charge >= 0.3 is 0 Å². The van der Waals surface area contributed by atoms with Gasteiger partial charge in [-0.3, -0.25) is 0 Å². The van der Waals surface area contributed by atoms with Crippen LogP contribution in [-0.2, 0) is 5.75 Å². The Bertz CT molecular complexity index is 425. The highest BCUT2D eigenvalue weighted by molar-refractivity contribution is 7.98.